The van der Waals surface area contributed by atoms with Crippen molar-refractivity contribution in [2.75, 3.05) is 0 Å². The van der Waals surface area contributed by atoms with Crippen molar-refractivity contribution in [1.82, 2.24) is 0 Å². The lowest BCUT2D eigenvalue weighted by Crippen LogP contribution is -2.24. The quantitative estimate of drug-likeness (QED) is 0.883. The Kier molecular flexibility index (Phi) is 4.03. The Bertz CT molecular complexity index is 544. The molecule has 2 heteroatoms. The second-order valence-electron chi connectivity index (χ2n) is 5.25. The van der Waals surface area contributed by atoms with E-state index in [2.05, 4.69) is 0 Å². The van der Waals surface area contributed by atoms with Gasteiger partial charge in [0.2, 0.25) is 0 Å². The van der Waals surface area contributed by atoms with Gasteiger partial charge in [-0.15, -0.1) is 0 Å². The van der Waals surface area contributed by atoms with Gasteiger partial charge in [0.25, 0.3) is 0 Å². The van der Waals surface area contributed by atoms with Gasteiger partial charge in [0.05, 0.1) is 12.2 Å². The van der Waals surface area contributed by atoms with Crippen LogP contribution < -0.4 is 0 Å². The molecule has 100 valence electrons. The van der Waals surface area contributed by atoms with Crippen molar-refractivity contribution in [3.63, 3.8) is 0 Å². The molecule has 0 radical (unpaired) electrons. The molecule has 0 spiro atoms. The first-order valence-corrected chi connectivity index (χ1v) is 6.50. The summed E-state index contributed by atoms with van der Waals surface area (Å²) in [5, 5.41) is 20.1. The highest BCUT2D eigenvalue weighted by atomic mass is 16.3. The first kappa shape index (κ1) is 13.8. The molecular weight excluding hydrogens is 236 g/mol. The second-order valence-corrected chi connectivity index (χ2v) is 5.25. The van der Waals surface area contributed by atoms with E-state index in [1.807, 2.05) is 62.4 Å². The molecule has 19 heavy (non-hydrogen) atoms. The molecule has 0 aliphatic heterocycles. The second kappa shape index (κ2) is 5.55. The number of hydrogen-bond donors (Lipinski definition) is 2. The molecule has 0 saturated carbocycles. The van der Waals surface area contributed by atoms with Gasteiger partial charge in [-0.25, -0.2) is 0 Å². The summed E-state index contributed by atoms with van der Waals surface area (Å²) in [7, 11) is 0. The van der Waals surface area contributed by atoms with Crippen LogP contribution in [0.4, 0.5) is 0 Å². The lowest BCUT2D eigenvalue weighted by atomic mass is 9.87. The van der Waals surface area contributed by atoms with Crippen LogP contribution in [0.15, 0.2) is 48.5 Å². The maximum absolute atomic E-state index is 10.7. The Morgan fingerprint density at radius 3 is 2.32 bits per heavy atom. The van der Waals surface area contributed by atoms with Crippen LogP contribution in [0.3, 0.4) is 0 Å². The van der Waals surface area contributed by atoms with Crippen molar-refractivity contribution >= 4 is 0 Å². The highest BCUT2D eigenvalue weighted by molar-refractivity contribution is 5.34. The first-order chi connectivity index (χ1) is 9.03. The molecule has 0 bridgehead atoms. The molecule has 2 rings (SSSR count). The minimum atomic E-state index is -0.932. The van der Waals surface area contributed by atoms with Crippen molar-refractivity contribution < 1.29 is 10.2 Å². The van der Waals surface area contributed by atoms with Gasteiger partial charge in [-0.05, 0) is 30.5 Å². The fourth-order valence-electron chi connectivity index (χ4n) is 2.34. The number of benzene rings is 2. The third kappa shape index (κ3) is 3.22. The summed E-state index contributed by atoms with van der Waals surface area (Å²) in [6.45, 7) is 3.83. The fraction of sp³-hybridized carbons (Fsp3) is 0.294. The first-order valence-electron chi connectivity index (χ1n) is 6.50. The topological polar surface area (TPSA) is 40.5 Å². The van der Waals surface area contributed by atoms with Crippen molar-refractivity contribution in [2.24, 2.45) is 0 Å². The average molecular weight is 256 g/mol. The van der Waals surface area contributed by atoms with Gasteiger partial charge in [-0.2, -0.15) is 0 Å². The predicted octanol–water partition coefficient (Wildman–Crippen LogP) is 2.94. The third-order valence-electron chi connectivity index (χ3n) is 3.46. The van der Waals surface area contributed by atoms with Crippen LogP contribution in [0.2, 0.25) is 0 Å². The number of aryl methyl sites for hydroxylation is 1. The summed E-state index contributed by atoms with van der Waals surface area (Å²) >= 11 is 0. The molecule has 0 amide bonds. The number of hydrogen-bond acceptors (Lipinski definition) is 2. The maximum Gasteiger partial charge on any atom is 0.0908 e. The molecule has 0 aromatic heterocycles. The van der Waals surface area contributed by atoms with E-state index in [1.165, 1.54) is 0 Å². The minimum Gasteiger partial charge on any atom is -0.392 e. The van der Waals surface area contributed by atoms with Crippen LogP contribution in [-0.2, 0) is 18.6 Å². The van der Waals surface area contributed by atoms with Crippen LogP contribution in [0.5, 0.6) is 0 Å². The van der Waals surface area contributed by atoms with Crippen LogP contribution in [0.1, 0.15) is 29.2 Å². The molecule has 0 heterocycles. The van der Waals surface area contributed by atoms with Crippen molar-refractivity contribution in [3.05, 3.63) is 70.8 Å². The fourth-order valence-corrected chi connectivity index (χ4v) is 2.34. The molecule has 0 saturated heterocycles. The van der Waals surface area contributed by atoms with E-state index < -0.39 is 5.60 Å². The smallest absolute Gasteiger partial charge is 0.0908 e. The largest absolute Gasteiger partial charge is 0.392 e. The van der Waals surface area contributed by atoms with E-state index in [9.17, 15) is 10.2 Å². The Morgan fingerprint density at radius 2 is 1.68 bits per heavy atom. The maximum atomic E-state index is 10.7. The Labute approximate surface area is 114 Å². The van der Waals surface area contributed by atoms with E-state index in [4.69, 9.17) is 0 Å². The monoisotopic (exact) mass is 256 g/mol. The van der Waals surface area contributed by atoms with Crippen molar-refractivity contribution in [2.45, 2.75) is 32.5 Å². The summed E-state index contributed by atoms with van der Waals surface area (Å²) in [5.74, 6) is 0. The van der Waals surface area contributed by atoms with Crippen molar-refractivity contribution in [1.29, 1.82) is 0 Å². The van der Waals surface area contributed by atoms with Gasteiger partial charge in [-0.1, -0.05) is 54.1 Å². The summed E-state index contributed by atoms with van der Waals surface area (Å²) < 4.78 is 0. The summed E-state index contributed by atoms with van der Waals surface area (Å²) in [6, 6.07) is 15.6. The molecule has 2 aromatic carbocycles. The van der Waals surface area contributed by atoms with Crippen LogP contribution in [0.25, 0.3) is 0 Å². The molecule has 1 atom stereocenters. The van der Waals surface area contributed by atoms with Crippen LogP contribution in [-0.4, -0.2) is 10.2 Å². The van der Waals surface area contributed by atoms with E-state index in [-0.39, 0.29) is 6.61 Å². The zero-order valence-electron chi connectivity index (χ0n) is 11.4. The number of aliphatic hydroxyl groups excluding tert-OH is 1. The number of aliphatic hydroxyl groups is 2. The van der Waals surface area contributed by atoms with E-state index >= 15 is 0 Å². The lowest BCUT2D eigenvalue weighted by molar-refractivity contribution is 0.0571. The van der Waals surface area contributed by atoms with Gasteiger partial charge >= 0.3 is 0 Å². The molecule has 2 N–H and O–H groups in total. The molecule has 0 aliphatic rings. The van der Waals surface area contributed by atoms with Gasteiger partial charge < -0.3 is 10.2 Å². The van der Waals surface area contributed by atoms with E-state index in [0.717, 1.165) is 22.3 Å². The average Bonchev–Trinajstić information content (AvgIpc) is 2.39. The molecule has 0 aliphatic carbocycles. The van der Waals surface area contributed by atoms with Crippen LogP contribution in [0, 0.1) is 6.92 Å². The minimum absolute atomic E-state index is 0.000479. The van der Waals surface area contributed by atoms with Gasteiger partial charge in [0.15, 0.2) is 0 Å². The summed E-state index contributed by atoms with van der Waals surface area (Å²) in [6.07, 6.45) is 0.495. The third-order valence-corrected chi connectivity index (χ3v) is 3.46. The number of rotatable bonds is 4. The van der Waals surface area contributed by atoms with Gasteiger partial charge in [0.1, 0.15) is 0 Å². The molecule has 0 fully saturated rings. The van der Waals surface area contributed by atoms with Gasteiger partial charge in [0, 0.05) is 6.42 Å². The normalized spacial score (nSPS) is 14.1. The SMILES string of the molecule is Cc1ccc(CO)c(CC(C)(O)c2ccccc2)c1. The Hall–Kier alpha value is -1.64. The predicted molar refractivity (Wildman–Crippen MR) is 76.8 cm³/mol. The Balaban J connectivity index is 2.32. The molecular formula is C17H20O2. The van der Waals surface area contributed by atoms with Gasteiger partial charge in [-0.3, -0.25) is 0 Å². The molecule has 1 unspecified atom stereocenters. The van der Waals surface area contributed by atoms with E-state index in [0.29, 0.717) is 6.42 Å². The van der Waals surface area contributed by atoms with E-state index in [1.54, 1.807) is 0 Å². The highest BCUT2D eigenvalue weighted by Gasteiger charge is 2.24. The molecule has 2 nitrogen and oxygen atoms in total. The summed E-state index contributed by atoms with van der Waals surface area (Å²) in [5.41, 5.74) is 2.97. The highest BCUT2D eigenvalue weighted by Crippen LogP contribution is 2.27. The zero-order valence-corrected chi connectivity index (χ0v) is 11.4. The lowest BCUT2D eigenvalue weighted by Gasteiger charge is -2.25. The van der Waals surface area contributed by atoms with Crippen LogP contribution >= 0.6 is 0 Å². The molecule has 2 aromatic rings. The Morgan fingerprint density at radius 1 is 1.00 bits per heavy atom. The zero-order chi connectivity index (χ0) is 13.9. The van der Waals surface area contributed by atoms with Crippen molar-refractivity contribution in [3.8, 4) is 0 Å². The standard InChI is InChI=1S/C17H20O2/c1-13-8-9-14(12-18)15(10-13)11-17(2,19)16-6-4-3-5-7-16/h3-10,18-19H,11-12H2,1-2H3. The summed E-state index contributed by atoms with van der Waals surface area (Å²) in [4.78, 5) is 0.